The SMILES string of the molecule is COc1ccc(OC)c(Sc2nc3c(N)ncnc3n2CCc2ccc(C(C)=O)cc2)c1. The van der Waals surface area contributed by atoms with Crippen LogP contribution in [0.25, 0.3) is 11.2 Å². The summed E-state index contributed by atoms with van der Waals surface area (Å²) >= 11 is 1.45. The molecule has 0 saturated carbocycles. The number of benzene rings is 2. The van der Waals surface area contributed by atoms with E-state index in [2.05, 4.69) is 9.97 Å². The molecule has 0 saturated heterocycles. The van der Waals surface area contributed by atoms with Crippen LogP contribution in [0.1, 0.15) is 22.8 Å². The van der Waals surface area contributed by atoms with Crippen molar-refractivity contribution in [2.45, 2.75) is 29.9 Å². The quantitative estimate of drug-likeness (QED) is 0.402. The summed E-state index contributed by atoms with van der Waals surface area (Å²) in [5.74, 6) is 1.82. The number of hydrogen-bond donors (Lipinski definition) is 1. The van der Waals surface area contributed by atoms with Gasteiger partial charge < -0.3 is 19.8 Å². The van der Waals surface area contributed by atoms with Crippen molar-refractivity contribution in [2.75, 3.05) is 20.0 Å². The van der Waals surface area contributed by atoms with E-state index >= 15 is 0 Å². The zero-order valence-corrected chi connectivity index (χ0v) is 18.8. The van der Waals surface area contributed by atoms with Crippen molar-refractivity contribution in [1.29, 1.82) is 0 Å². The average Bonchev–Trinajstić information content (AvgIpc) is 3.16. The molecule has 2 heterocycles. The van der Waals surface area contributed by atoms with Crippen molar-refractivity contribution < 1.29 is 14.3 Å². The van der Waals surface area contributed by atoms with Crippen LogP contribution in [0, 0.1) is 0 Å². The van der Waals surface area contributed by atoms with Crippen LogP contribution in [0.15, 0.2) is 58.8 Å². The third kappa shape index (κ3) is 4.38. The minimum absolute atomic E-state index is 0.0512. The van der Waals surface area contributed by atoms with Gasteiger partial charge in [0.25, 0.3) is 0 Å². The van der Waals surface area contributed by atoms with E-state index in [0.29, 0.717) is 34.8 Å². The lowest BCUT2D eigenvalue weighted by molar-refractivity contribution is 0.101. The topological polar surface area (TPSA) is 105 Å². The van der Waals surface area contributed by atoms with Gasteiger partial charge in [0.15, 0.2) is 27.9 Å². The van der Waals surface area contributed by atoms with Crippen molar-refractivity contribution in [3.05, 3.63) is 59.9 Å². The van der Waals surface area contributed by atoms with Crippen molar-refractivity contribution in [3.63, 3.8) is 0 Å². The molecule has 0 amide bonds. The van der Waals surface area contributed by atoms with Crippen molar-refractivity contribution >= 4 is 34.5 Å². The van der Waals surface area contributed by atoms with Gasteiger partial charge in [-0.05, 0) is 48.9 Å². The number of anilines is 1. The molecule has 0 aliphatic carbocycles. The van der Waals surface area contributed by atoms with E-state index in [1.54, 1.807) is 21.1 Å². The number of rotatable bonds is 8. The summed E-state index contributed by atoms with van der Waals surface area (Å²) < 4.78 is 12.9. The number of fused-ring (bicyclic) bond motifs is 1. The largest absolute Gasteiger partial charge is 0.497 e. The van der Waals surface area contributed by atoms with Crippen molar-refractivity contribution in [2.24, 2.45) is 0 Å². The molecule has 164 valence electrons. The maximum Gasteiger partial charge on any atom is 0.175 e. The monoisotopic (exact) mass is 449 g/mol. The molecule has 2 aromatic heterocycles. The van der Waals surface area contributed by atoms with Crippen LogP contribution >= 0.6 is 11.8 Å². The molecule has 8 nitrogen and oxygen atoms in total. The Morgan fingerprint density at radius 3 is 2.56 bits per heavy atom. The third-order valence-electron chi connectivity index (χ3n) is 5.08. The number of aryl methyl sites for hydroxylation is 2. The second-order valence-electron chi connectivity index (χ2n) is 7.10. The van der Waals surface area contributed by atoms with Gasteiger partial charge in [-0.15, -0.1) is 0 Å². The molecule has 32 heavy (non-hydrogen) atoms. The van der Waals surface area contributed by atoms with Crippen molar-refractivity contribution in [3.8, 4) is 11.5 Å². The molecule has 4 aromatic rings. The number of nitrogens with two attached hydrogens (primary N) is 1. The van der Waals surface area contributed by atoms with Gasteiger partial charge in [-0.3, -0.25) is 4.79 Å². The molecule has 0 atom stereocenters. The first-order chi connectivity index (χ1) is 15.5. The van der Waals surface area contributed by atoms with Crippen LogP contribution in [-0.2, 0) is 13.0 Å². The Morgan fingerprint density at radius 2 is 1.88 bits per heavy atom. The fraction of sp³-hybridized carbons (Fsp3) is 0.217. The first-order valence-electron chi connectivity index (χ1n) is 9.96. The average molecular weight is 450 g/mol. The lowest BCUT2D eigenvalue weighted by Crippen LogP contribution is -2.05. The normalized spacial score (nSPS) is 11.0. The molecule has 0 radical (unpaired) electrons. The van der Waals surface area contributed by atoms with E-state index in [4.69, 9.17) is 20.2 Å². The number of carbonyl (C=O) groups excluding carboxylic acids is 1. The Labute approximate surface area is 189 Å². The summed E-state index contributed by atoms with van der Waals surface area (Å²) in [6.07, 6.45) is 2.18. The van der Waals surface area contributed by atoms with E-state index in [0.717, 1.165) is 27.8 Å². The molecule has 9 heteroatoms. The number of Topliss-reactive ketones (excluding diaryl/α,β-unsaturated/α-hetero) is 1. The number of methoxy groups -OCH3 is 2. The molecule has 2 N–H and O–H groups in total. The minimum Gasteiger partial charge on any atom is -0.497 e. The maximum absolute atomic E-state index is 11.5. The van der Waals surface area contributed by atoms with E-state index in [9.17, 15) is 4.79 Å². The number of nitrogen functional groups attached to an aromatic ring is 1. The first kappa shape index (κ1) is 21.6. The number of aromatic nitrogens is 4. The Balaban J connectivity index is 1.69. The smallest absolute Gasteiger partial charge is 0.175 e. The number of nitrogens with zero attached hydrogens (tertiary/aromatic N) is 4. The van der Waals surface area contributed by atoms with Gasteiger partial charge in [0.2, 0.25) is 0 Å². The van der Waals surface area contributed by atoms with Gasteiger partial charge in [0.1, 0.15) is 17.8 Å². The molecule has 0 spiro atoms. The summed E-state index contributed by atoms with van der Waals surface area (Å²) in [5, 5.41) is 0.721. The van der Waals surface area contributed by atoms with E-state index in [1.807, 2.05) is 47.0 Å². The van der Waals surface area contributed by atoms with Crippen LogP contribution in [-0.4, -0.2) is 39.5 Å². The first-order valence-corrected chi connectivity index (χ1v) is 10.8. The molecule has 0 aliphatic heterocycles. The molecule has 4 rings (SSSR count). The maximum atomic E-state index is 11.5. The highest BCUT2D eigenvalue weighted by molar-refractivity contribution is 7.99. The minimum atomic E-state index is 0.0512. The lowest BCUT2D eigenvalue weighted by Gasteiger charge is -2.12. The summed E-state index contributed by atoms with van der Waals surface area (Å²) in [4.78, 5) is 25.6. The Bertz CT molecular complexity index is 1270. The second-order valence-corrected chi connectivity index (χ2v) is 8.11. The molecular weight excluding hydrogens is 426 g/mol. The Hall–Kier alpha value is -3.59. The number of ether oxygens (including phenoxy) is 2. The van der Waals surface area contributed by atoms with Crippen LogP contribution in [0.2, 0.25) is 0 Å². The summed E-state index contributed by atoms with van der Waals surface area (Å²) in [5.41, 5.74) is 9.10. The summed E-state index contributed by atoms with van der Waals surface area (Å²) in [6, 6.07) is 13.2. The number of imidazole rings is 1. The number of ketones is 1. The molecule has 0 fully saturated rings. The van der Waals surface area contributed by atoms with Crippen LogP contribution in [0.3, 0.4) is 0 Å². The molecule has 2 aromatic carbocycles. The van der Waals surface area contributed by atoms with Crippen LogP contribution in [0.4, 0.5) is 5.82 Å². The Kier molecular flexibility index (Phi) is 6.27. The van der Waals surface area contributed by atoms with Gasteiger partial charge in [-0.1, -0.05) is 24.3 Å². The summed E-state index contributed by atoms with van der Waals surface area (Å²) in [7, 11) is 3.25. The van der Waals surface area contributed by atoms with E-state index in [-0.39, 0.29) is 5.78 Å². The Morgan fingerprint density at radius 1 is 1.09 bits per heavy atom. The van der Waals surface area contributed by atoms with Gasteiger partial charge >= 0.3 is 0 Å². The summed E-state index contributed by atoms with van der Waals surface area (Å²) in [6.45, 7) is 2.19. The highest BCUT2D eigenvalue weighted by atomic mass is 32.2. The highest BCUT2D eigenvalue weighted by Crippen LogP contribution is 2.38. The van der Waals surface area contributed by atoms with E-state index < -0.39 is 0 Å². The van der Waals surface area contributed by atoms with Gasteiger partial charge in [0, 0.05) is 12.1 Å². The zero-order valence-electron chi connectivity index (χ0n) is 18.0. The fourth-order valence-corrected chi connectivity index (χ4v) is 4.37. The van der Waals surface area contributed by atoms with Gasteiger partial charge in [-0.25, -0.2) is 15.0 Å². The third-order valence-corrected chi connectivity index (χ3v) is 6.12. The molecular formula is C23H23N5O3S. The van der Waals surface area contributed by atoms with E-state index in [1.165, 1.54) is 18.1 Å². The highest BCUT2D eigenvalue weighted by Gasteiger charge is 2.18. The van der Waals surface area contributed by atoms with Crippen LogP contribution in [0.5, 0.6) is 11.5 Å². The van der Waals surface area contributed by atoms with Gasteiger partial charge in [0.05, 0.1) is 19.1 Å². The molecule has 0 aliphatic rings. The predicted octanol–water partition coefficient (Wildman–Crippen LogP) is 4.02. The zero-order chi connectivity index (χ0) is 22.7. The van der Waals surface area contributed by atoms with Gasteiger partial charge in [-0.2, -0.15) is 0 Å². The van der Waals surface area contributed by atoms with Crippen molar-refractivity contribution in [1.82, 2.24) is 19.5 Å². The van der Waals surface area contributed by atoms with Crippen LogP contribution < -0.4 is 15.2 Å². The number of hydrogen-bond acceptors (Lipinski definition) is 8. The fourth-order valence-electron chi connectivity index (χ4n) is 3.32. The second kappa shape index (κ2) is 9.27. The predicted molar refractivity (Wildman–Crippen MR) is 124 cm³/mol. The lowest BCUT2D eigenvalue weighted by atomic mass is 10.1. The number of carbonyl (C=O) groups is 1. The standard InChI is InChI=1S/C23H23N5O3S/c1-14(29)16-6-4-15(5-7-16)10-11-28-22-20(21(24)25-13-26-22)27-23(28)32-19-12-17(30-2)8-9-18(19)31-3/h4-9,12-13H,10-11H2,1-3H3,(H2,24,25,26). The molecule has 0 unspecified atom stereocenters. The molecule has 0 bridgehead atoms.